The molecule has 0 aliphatic heterocycles. The van der Waals surface area contributed by atoms with Crippen molar-refractivity contribution in [3.8, 4) is 6.07 Å². The topological polar surface area (TPSA) is 64.9 Å². The van der Waals surface area contributed by atoms with Gasteiger partial charge in [-0.3, -0.25) is 4.79 Å². The molecule has 1 amide bonds. The molecule has 0 radical (unpaired) electrons. The summed E-state index contributed by atoms with van der Waals surface area (Å²) in [6, 6.07) is 28.1. The van der Waals surface area contributed by atoms with Crippen molar-refractivity contribution >= 4 is 5.91 Å². The normalized spacial score (nSPS) is 17.3. The summed E-state index contributed by atoms with van der Waals surface area (Å²) in [4.78, 5) is 12.3. The molecule has 0 heterocycles. The van der Waals surface area contributed by atoms with E-state index in [0.717, 1.165) is 23.1 Å². The number of nitriles is 1. The van der Waals surface area contributed by atoms with Gasteiger partial charge in [0.15, 0.2) is 0 Å². The molecule has 3 aromatic rings. The van der Waals surface area contributed by atoms with Gasteiger partial charge in [0.2, 0.25) is 0 Å². The molecule has 4 nitrogen and oxygen atoms in total. The summed E-state index contributed by atoms with van der Waals surface area (Å²) in [6.45, 7) is 1.23. The van der Waals surface area contributed by atoms with Crippen LogP contribution in [0.5, 0.6) is 0 Å². The zero-order valence-electron chi connectivity index (χ0n) is 16.1. The first-order valence-electron chi connectivity index (χ1n) is 9.88. The first kappa shape index (κ1) is 18.9. The first-order chi connectivity index (χ1) is 14.2. The molecule has 3 aromatic carbocycles. The van der Waals surface area contributed by atoms with E-state index in [0.29, 0.717) is 30.6 Å². The molecular weight excluding hydrogens is 358 g/mol. The van der Waals surface area contributed by atoms with Gasteiger partial charge in [0.05, 0.1) is 11.6 Å². The summed E-state index contributed by atoms with van der Waals surface area (Å²) in [6.07, 6.45) is 1.08. The second-order valence-corrected chi connectivity index (χ2v) is 7.39. The van der Waals surface area contributed by atoms with Gasteiger partial charge in [0.1, 0.15) is 0 Å². The highest BCUT2D eigenvalue weighted by molar-refractivity contribution is 5.94. The van der Waals surface area contributed by atoms with Gasteiger partial charge in [-0.2, -0.15) is 5.26 Å². The Morgan fingerprint density at radius 3 is 2.41 bits per heavy atom. The molecule has 1 aliphatic rings. The summed E-state index contributed by atoms with van der Waals surface area (Å²) >= 11 is 0. The first-order valence-corrected chi connectivity index (χ1v) is 9.88. The van der Waals surface area contributed by atoms with Crippen LogP contribution in [-0.4, -0.2) is 11.9 Å². The Morgan fingerprint density at radius 2 is 1.66 bits per heavy atom. The van der Waals surface area contributed by atoms with Crippen LogP contribution in [0.15, 0.2) is 78.9 Å². The zero-order chi connectivity index (χ0) is 20.1. The van der Waals surface area contributed by atoms with Crippen LogP contribution in [0.25, 0.3) is 0 Å². The second kappa shape index (κ2) is 8.72. The van der Waals surface area contributed by atoms with Crippen LogP contribution in [0.2, 0.25) is 0 Å². The number of hydrogen-bond donors (Lipinski definition) is 2. The van der Waals surface area contributed by atoms with Crippen molar-refractivity contribution in [1.82, 2.24) is 10.6 Å². The van der Waals surface area contributed by atoms with Crippen molar-refractivity contribution in [2.24, 2.45) is 0 Å². The molecule has 4 rings (SSSR count). The SMILES string of the molecule is N#Cc1ccccc1CNC1CC1c1ccc(C(=O)NCc2ccccc2)cc1. The van der Waals surface area contributed by atoms with Gasteiger partial charge in [-0.05, 0) is 41.3 Å². The minimum atomic E-state index is -0.0565. The maximum atomic E-state index is 12.3. The highest BCUT2D eigenvalue weighted by Gasteiger charge is 2.37. The van der Waals surface area contributed by atoms with E-state index in [1.54, 1.807) is 0 Å². The van der Waals surface area contributed by atoms with Crippen LogP contribution in [0.4, 0.5) is 0 Å². The fraction of sp³-hybridized carbons (Fsp3) is 0.200. The third-order valence-electron chi connectivity index (χ3n) is 5.38. The number of benzene rings is 3. The number of hydrogen-bond acceptors (Lipinski definition) is 3. The molecule has 0 aromatic heterocycles. The van der Waals surface area contributed by atoms with Crippen molar-refractivity contribution in [2.45, 2.75) is 31.5 Å². The molecular formula is C25H23N3O. The molecule has 1 aliphatic carbocycles. The summed E-state index contributed by atoms with van der Waals surface area (Å²) < 4.78 is 0. The van der Waals surface area contributed by atoms with Crippen LogP contribution in [0.1, 0.15) is 45.0 Å². The van der Waals surface area contributed by atoms with Crippen LogP contribution in [-0.2, 0) is 13.1 Å². The average Bonchev–Trinajstić information content (AvgIpc) is 3.57. The van der Waals surface area contributed by atoms with Gasteiger partial charge < -0.3 is 10.6 Å². The Labute approximate surface area is 171 Å². The van der Waals surface area contributed by atoms with Gasteiger partial charge in [-0.15, -0.1) is 0 Å². The standard InChI is InChI=1S/C25H23N3O/c26-15-21-8-4-5-9-22(21)17-27-24-14-23(24)19-10-12-20(13-11-19)25(29)28-16-18-6-2-1-3-7-18/h1-13,23-24,27H,14,16-17H2,(H,28,29). The average molecular weight is 381 g/mol. The number of rotatable bonds is 7. The Hall–Kier alpha value is -3.42. The van der Waals surface area contributed by atoms with E-state index in [1.165, 1.54) is 5.56 Å². The molecule has 2 atom stereocenters. The molecule has 1 saturated carbocycles. The largest absolute Gasteiger partial charge is 0.348 e. The van der Waals surface area contributed by atoms with Crippen LogP contribution in [0.3, 0.4) is 0 Å². The fourth-order valence-corrected chi connectivity index (χ4v) is 3.58. The van der Waals surface area contributed by atoms with Crippen molar-refractivity contribution in [1.29, 1.82) is 5.26 Å². The second-order valence-electron chi connectivity index (χ2n) is 7.39. The van der Waals surface area contributed by atoms with Crippen LogP contribution < -0.4 is 10.6 Å². The lowest BCUT2D eigenvalue weighted by atomic mass is 10.1. The van der Waals surface area contributed by atoms with Crippen molar-refractivity contribution in [3.05, 3.63) is 107 Å². The maximum absolute atomic E-state index is 12.3. The zero-order valence-corrected chi connectivity index (χ0v) is 16.1. The molecule has 0 bridgehead atoms. The lowest BCUT2D eigenvalue weighted by molar-refractivity contribution is 0.0951. The maximum Gasteiger partial charge on any atom is 0.251 e. The number of amides is 1. The van der Waals surface area contributed by atoms with E-state index in [4.69, 9.17) is 0 Å². The summed E-state index contributed by atoms with van der Waals surface area (Å²) in [5.41, 5.74) is 4.77. The number of carbonyl (C=O) groups excluding carboxylic acids is 1. The number of carbonyl (C=O) groups is 1. The smallest absolute Gasteiger partial charge is 0.251 e. The third kappa shape index (κ3) is 4.71. The Kier molecular flexibility index (Phi) is 5.69. The molecule has 144 valence electrons. The minimum Gasteiger partial charge on any atom is -0.348 e. The Balaban J connectivity index is 1.29. The lowest BCUT2D eigenvalue weighted by Gasteiger charge is -2.08. The van der Waals surface area contributed by atoms with E-state index in [-0.39, 0.29) is 5.91 Å². The van der Waals surface area contributed by atoms with Gasteiger partial charge >= 0.3 is 0 Å². The van der Waals surface area contributed by atoms with Gasteiger partial charge in [0.25, 0.3) is 5.91 Å². The van der Waals surface area contributed by atoms with E-state index >= 15 is 0 Å². The predicted octanol–water partition coefficient (Wildman–Crippen LogP) is 4.13. The van der Waals surface area contributed by atoms with E-state index in [9.17, 15) is 10.1 Å². The van der Waals surface area contributed by atoms with E-state index in [1.807, 2.05) is 78.9 Å². The van der Waals surface area contributed by atoms with Crippen molar-refractivity contribution < 1.29 is 4.79 Å². The van der Waals surface area contributed by atoms with Crippen LogP contribution >= 0.6 is 0 Å². The van der Waals surface area contributed by atoms with Gasteiger partial charge in [-0.25, -0.2) is 0 Å². The molecule has 1 fully saturated rings. The summed E-state index contributed by atoms with van der Waals surface area (Å²) in [7, 11) is 0. The third-order valence-corrected chi connectivity index (χ3v) is 5.38. The number of nitrogens with zero attached hydrogens (tertiary/aromatic N) is 1. The Morgan fingerprint density at radius 1 is 0.931 bits per heavy atom. The predicted molar refractivity (Wildman–Crippen MR) is 113 cm³/mol. The summed E-state index contributed by atoms with van der Waals surface area (Å²) in [5, 5.41) is 15.7. The summed E-state index contributed by atoms with van der Waals surface area (Å²) in [5.74, 6) is 0.407. The van der Waals surface area contributed by atoms with Gasteiger partial charge in [0, 0.05) is 30.6 Å². The molecule has 29 heavy (non-hydrogen) atoms. The highest BCUT2D eigenvalue weighted by Crippen LogP contribution is 2.41. The molecule has 0 spiro atoms. The fourth-order valence-electron chi connectivity index (χ4n) is 3.58. The molecule has 2 N–H and O–H groups in total. The van der Waals surface area contributed by atoms with Crippen molar-refractivity contribution in [2.75, 3.05) is 0 Å². The molecule has 0 saturated heterocycles. The monoisotopic (exact) mass is 381 g/mol. The molecule has 4 heteroatoms. The van der Waals surface area contributed by atoms with Crippen LogP contribution in [0, 0.1) is 11.3 Å². The van der Waals surface area contributed by atoms with Gasteiger partial charge in [-0.1, -0.05) is 60.7 Å². The van der Waals surface area contributed by atoms with Crippen molar-refractivity contribution in [3.63, 3.8) is 0 Å². The van der Waals surface area contributed by atoms with E-state index in [2.05, 4.69) is 16.7 Å². The Bertz CT molecular complexity index is 1020. The highest BCUT2D eigenvalue weighted by atomic mass is 16.1. The van der Waals surface area contributed by atoms with E-state index < -0.39 is 0 Å². The quantitative estimate of drug-likeness (QED) is 0.647. The number of nitrogens with one attached hydrogen (secondary N) is 2. The lowest BCUT2D eigenvalue weighted by Crippen LogP contribution is -2.22. The molecule has 2 unspecified atom stereocenters. The minimum absolute atomic E-state index is 0.0565.